The fraction of sp³-hybridized carbons (Fsp3) is 0.312. The fourth-order valence-corrected chi connectivity index (χ4v) is 2.05. The van der Waals surface area contributed by atoms with E-state index in [0.29, 0.717) is 30.3 Å². The summed E-state index contributed by atoms with van der Waals surface area (Å²) in [6.07, 6.45) is 0. The first-order chi connectivity index (χ1) is 10.1. The van der Waals surface area contributed by atoms with E-state index in [-0.39, 0.29) is 5.75 Å². The van der Waals surface area contributed by atoms with Gasteiger partial charge in [-0.3, -0.25) is 4.98 Å². The molecule has 112 valence electrons. The lowest BCUT2D eigenvalue weighted by Crippen LogP contribution is -2.14. The van der Waals surface area contributed by atoms with Crippen molar-refractivity contribution in [3.05, 3.63) is 47.3 Å². The third-order valence-electron chi connectivity index (χ3n) is 3.16. The Kier molecular flexibility index (Phi) is 5.00. The van der Waals surface area contributed by atoms with Crippen molar-refractivity contribution < 1.29 is 14.6 Å². The van der Waals surface area contributed by atoms with Crippen LogP contribution in [-0.2, 0) is 13.1 Å². The van der Waals surface area contributed by atoms with Gasteiger partial charge < -0.3 is 19.9 Å². The first-order valence-corrected chi connectivity index (χ1v) is 6.71. The molecule has 0 fully saturated rings. The zero-order chi connectivity index (χ0) is 15.2. The van der Waals surface area contributed by atoms with Crippen molar-refractivity contribution in [3.63, 3.8) is 0 Å². The summed E-state index contributed by atoms with van der Waals surface area (Å²) < 4.78 is 10.5. The molecule has 0 saturated heterocycles. The molecule has 1 aromatic heterocycles. The molecule has 0 amide bonds. The van der Waals surface area contributed by atoms with Crippen LogP contribution in [-0.4, -0.2) is 24.3 Å². The molecule has 0 saturated carbocycles. The molecular formula is C16H20N2O3. The molecule has 5 heteroatoms. The zero-order valence-corrected chi connectivity index (χ0v) is 12.5. The Morgan fingerprint density at radius 2 is 1.81 bits per heavy atom. The second kappa shape index (κ2) is 6.95. The maximum atomic E-state index is 9.74. The van der Waals surface area contributed by atoms with E-state index in [4.69, 9.17) is 9.47 Å². The summed E-state index contributed by atoms with van der Waals surface area (Å²) in [5, 5.41) is 13.0. The van der Waals surface area contributed by atoms with Crippen molar-refractivity contribution in [2.24, 2.45) is 0 Å². The number of aromatic nitrogens is 1. The molecular weight excluding hydrogens is 268 g/mol. The van der Waals surface area contributed by atoms with Crippen LogP contribution in [0.15, 0.2) is 30.3 Å². The highest BCUT2D eigenvalue weighted by Gasteiger charge is 2.06. The van der Waals surface area contributed by atoms with Crippen molar-refractivity contribution in [1.82, 2.24) is 10.3 Å². The van der Waals surface area contributed by atoms with Gasteiger partial charge in [-0.1, -0.05) is 6.07 Å². The number of hydrogen-bond donors (Lipinski definition) is 2. The highest BCUT2D eigenvalue weighted by Crippen LogP contribution is 2.27. The highest BCUT2D eigenvalue weighted by atomic mass is 16.5. The molecule has 2 rings (SSSR count). The van der Waals surface area contributed by atoms with Crippen molar-refractivity contribution >= 4 is 0 Å². The van der Waals surface area contributed by atoms with Gasteiger partial charge in [0.25, 0.3) is 0 Å². The van der Waals surface area contributed by atoms with Gasteiger partial charge in [0.15, 0.2) is 11.5 Å². The van der Waals surface area contributed by atoms with Gasteiger partial charge in [0.2, 0.25) is 0 Å². The largest absolute Gasteiger partial charge is 0.506 e. The summed E-state index contributed by atoms with van der Waals surface area (Å²) in [5.74, 6) is 1.62. The summed E-state index contributed by atoms with van der Waals surface area (Å²) in [5.41, 5.74) is 2.60. The Hall–Kier alpha value is -2.27. The minimum absolute atomic E-state index is 0.209. The molecule has 0 unspecified atom stereocenters. The Labute approximate surface area is 124 Å². The van der Waals surface area contributed by atoms with E-state index < -0.39 is 0 Å². The molecule has 2 aromatic rings. The summed E-state index contributed by atoms with van der Waals surface area (Å²) >= 11 is 0. The molecule has 1 aromatic carbocycles. The van der Waals surface area contributed by atoms with E-state index in [1.165, 1.54) is 0 Å². The Balaban J connectivity index is 1.98. The van der Waals surface area contributed by atoms with Crippen LogP contribution in [0.25, 0.3) is 0 Å². The van der Waals surface area contributed by atoms with Crippen LogP contribution in [0.4, 0.5) is 0 Å². The normalized spacial score (nSPS) is 10.4. The molecule has 0 spiro atoms. The van der Waals surface area contributed by atoms with E-state index in [9.17, 15) is 5.11 Å². The number of ether oxygens (including phenoxy) is 2. The first kappa shape index (κ1) is 15.1. The van der Waals surface area contributed by atoms with Crippen LogP contribution in [0.3, 0.4) is 0 Å². The lowest BCUT2D eigenvalue weighted by atomic mass is 10.2. The molecule has 0 atom stereocenters. The van der Waals surface area contributed by atoms with Gasteiger partial charge in [-0.15, -0.1) is 0 Å². The number of nitrogens with zero attached hydrogens (tertiary/aromatic N) is 1. The Morgan fingerprint density at radius 3 is 2.52 bits per heavy atom. The van der Waals surface area contributed by atoms with E-state index in [2.05, 4.69) is 10.3 Å². The Bertz CT molecular complexity index is 614. The second-order valence-electron chi connectivity index (χ2n) is 4.71. The van der Waals surface area contributed by atoms with Crippen molar-refractivity contribution in [2.75, 3.05) is 14.2 Å². The van der Waals surface area contributed by atoms with E-state index in [0.717, 1.165) is 11.3 Å². The molecule has 0 aliphatic heterocycles. The predicted octanol–water partition coefficient (Wildman–Crippen LogP) is 2.40. The maximum Gasteiger partial charge on any atom is 0.161 e. The topological polar surface area (TPSA) is 63.6 Å². The minimum atomic E-state index is 0.209. The number of aryl methyl sites for hydroxylation is 1. The van der Waals surface area contributed by atoms with Crippen LogP contribution in [0.1, 0.15) is 17.0 Å². The monoisotopic (exact) mass is 288 g/mol. The van der Waals surface area contributed by atoms with Gasteiger partial charge in [-0.25, -0.2) is 0 Å². The summed E-state index contributed by atoms with van der Waals surface area (Å²) in [7, 11) is 3.23. The Morgan fingerprint density at radius 1 is 1.05 bits per heavy atom. The molecule has 0 radical (unpaired) electrons. The standard InChI is InChI=1S/C16H20N2O3/c1-11-4-6-14(19)13(18-11)10-17-9-12-5-7-15(20-2)16(8-12)21-3/h4-8,17,19H,9-10H2,1-3H3. The van der Waals surface area contributed by atoms with Gasteiger partial charge in [0.05, 0.1) is 19.9 Å². The van der Waals surface area contributed by atoms with Gasteiger partial charge in [0, 0.05) is 18.8 Å². The number of benzene rings is 1. The molecule has 0 aliphatic carbocycles. The molecule has 1 heterocycles. The van der Waals surface area contributed by atoms with Crippen molar-refractivity contribution in [1.29, 1.82) is 0 Å². The van der Waals surface area contributed by atoms with Crippen molar-refractivity contribution in [2.45, 2.75) is 20.0 Å². The quantitative estimate of drug-likeness (QED) is 0.854. The SMILES string of the molecule is COc1ccc(CNCc2nc(C)ccc2O)cc1OC. The molecule has 0 aliphatic rings. The molecule has 5 nitrogen and oxygen atoms in total. The number of aromatic hydroxyl groups is 1. The van der Waals surface area contributed by atoms with Crippen LogP contribution < -0.4 is 14.8 Å². The number of nitrogens with one attached hydrogen (secondary N) is 1. The average Bonchev–Trinajstić information content (AvgIpc) is 2.50. The lowest BCUT2D eigenvalue weighted by molar-refractivity contribution is 0.354. The van der Waals surface area contributed by atoms with Crippen molar-refractivity contribution in [3.8, 4) is 17.2 Å². The van der Waals surface area contributed by atoms with Crippen LogP contribution in [0, 0.1) is 6.92 Å². The zero-order valence-electron chi connectivity index (χ0n) is 12.5. The second-order valence-corrected chi connectivity index (χ2v) is 4.71. The lowest BCUT2D eigenvalue weighted by Gasteiger charge is -2.10. The minimum Gasteiger partial charge on any atom is -0.506 e. The first-order valence-electron chi connectivity index (χ1n) is 6.71. The summed E-state index contributed by atoms with van der Waals surface area (Å²) in [6.45, 7) is 3.05. The molecule has 21 heavy (non-hydrogen) atoms. The smallest absolute Gasteiger partial charge is 0.161 e. The highest BCUT2D eigenvalue weighted by molar-refractivity contribution is 5.42. The third kappa shape index (κ3) is 3.86. The van der Waals surface area contributed by atoms with Crippen LogP contribution >= 0.6 is 0 Å². The number of methoxy groups -OCH3 is 2. The summed E-state index contributed by atoms with van der Waals surface area (Å²) in [6, 6.07) is 9.22. The fourth-order valence-electron chi connectivity index (χ4n) is 2.05. The maximum absolute atomic E-state index is 9.74. The number of hydrogen-bond acceptors (Lipinski definition) is 5. The predicted molar refractivity (Wildman–Crippen MR) is 80.7 cm³/mol. The molecule has 0 bridgehead atoms. The number of pyridine rings is 1. The van der Waals surface area contributed by atoms with E-state index in [1.807, 2.05) is 25.1 Å². The van der Waals surface area contributed by atoms with E-state index in [1.54, 1.807) is 26.4 Å². The number of rotatable bonds is 6. The van der Waals surface area contributed by atoms with Crippen LogP contribution in [0.2, 0.25) is 0 Å². The average molecular weight is 288 g/mol. The summed E-state index contributed by atoms with van der Waals surface area (Å²) in [4.78, 5) is 4.31. The van der Waals surface area contributed by atoms with Gasteiger partial charge in [-0.05, 0) is 36.8 Å². The van der Waals surface area contributed by atoms with Crippen LogP contribution in [0.5, 0.6) is 17.2 Å². The van der Waals surface area contributed by atoms with E-state index >= 15 is 0 Å². The third-order valence-corrected chi connectivity index (χ3v) is 3.16. The molecule has 2 N–H and O–H groups in total. The van der Waals surface area contributed by atoms with Gasteiger partial charge in [0.1, 0.15) is 5.75 Å². The van der Waals surface area contributed by atoms with Gasteiger partial charge >= 0.3 is 0 Å². The van der Waals surface area contributed by atoms with Gasteiger partial charge in [-0.2, -0.15) is 0 Å².